The monoisotopic (exact) mass is 180 g/mol. The second-order valence-corrected chi connectivity index (χ2v) is 3.29. The fourth-order valence-electron chi connectivity index (χ4n) is 1.19. The molecule has 13 heavy (non-hydrogen) atoms. The molecule has 0 spiro atoms. The summed E-state index contributed by atoms with van der Waals surface area (Å²) in [5, 5.41) is 23.3. The van der Waals surface area contributed by atoms with E-state index in [-0.39, 0.29) is 0 Å². The van der Waals surface area contributed by atoms with Gasteiger partial charge in [-0.05, 0) is 12.1 Å². The van der Waals surface area contributed by atoms with E-state index in [1.54, 1.807) is 12.3 Å². The molecule has 3 N–H and O–H groups in total. The van der Waals surface area contributed by atoms with Gasteiger partial charge in [-0.2, -0.15) is 5.10 Å². The maximum atomic E-state index is 9.70. The summed E-state index contributed by atoms with van der Waals surface area (Å²) in [5.74, 6) is 0.697. The molecule has 1 aromatic heterocycles. The first-order valence-electron chi connectivity index (χ1n) is 4.23. The minimum absolute atomic E-state index is 0.513. The first-order valence-corrected chi connectivity index (χ1v) is 4.23. The highest BCUT2D eigenvalue weighted by molar-refractivity contribution is 5.32. The van der Waals surface area contributed by atoms with E-state index in [9.17, 15) is 5.11 Å². The summed E-state index contributed by atoms with van der Waals surface area (Å²) in [7, 11) is 0. The lowest BCUT2D eigenvalue weighted by Gasteiger charge is -2.37. The molecule has 1 fully saturated rings. The molecule has 0 unspecified atom stereocenters. The smallest absolute Gasteiger partial charge is 0.148 e. The average Bonchev–Trinajstić information content (AvgIpc) is 2.13. The number of anilines is 1. The van der Waals surface area contributed by atoms with Crippen LogP contribution in [0.4, 0.5) is 5.82 Å². The summed E-state index contributed by atoms with van der Waals surface area (Å²) in [4.78, 5) is 0. The van der Waals surface area contributed by atoms with Crippen LogP contribution in [0.3, 0.4) is 0 Å². The van der Waals surface area contributed by atoms with E-state index in [0.717, 1.165) is 0 Å². The lowest BCUT2D eigenvalue weighted by Crippen LogP contribution is -2.63. The van der Waals surface area contributed by atoms with Gasteiger partial charge in [0, 0.05) is 25.8 Å². The Morgan fingerprint density at radius 2 is 2.46 bits per heavy atom. The molecule has 2 heterocycles. The van der Waals surface area contributed by atoms with Crippen LogP contribution in [-0.4, -0.2) is 40.5 Å². The van der Waals surface area contributed by atoms with E-state index in [0.29, 0.717) is 25.5 Å². The largest absolute Gasteiger partial charge is 0.385 e. The van der Waals surface area contributed by atoms with Crippen LogP contribution in [-0.2, 0) is 0 Å². The molecule has 0 radical (unpaired) electrons. The van der Waals surface area contributed by atoms with Gasteiger partial charge < -0.3 is 15.7 Å². The van der Waals surface area contributed by atoms with E-state index in [1.807, 2.05) is 6.07 Å². The molecule has 1 saturated heterocycles. The van der Waals surface area contributed by atoms with Crippen LogP contribution in [0.5, 0.6) is 0 Å². The Labute approximate surface area is 76.2 Å². The number of hydrogen-bond donors (Lipinski definition) is 3. The third-order valence-corrected chi connectivity index (χ3v) is 2.08. The van der Waals surface area contributed by atoms with E-state index >= 15 is 0 Å². The molecule has 0 saturated carbocycles. The van der Waals surface area contributed by atoms with Crippen molar-refractivity contribution in [1.29, 1.82) is 0 Å². The van der Waals surface area contributed by atoms with Crippen LogP contribution in [0.15, 0.2) is 18.3 Å². The molecule has 0 atom stereocenters. The van der Waals surface area contributed by atoms with Crippen LogP contribution in [0.25, 0.3) is 0 Å². The third-order valence-electron chi connectivity index (χ3n) is 2.08. The first-order chi connectivity index (χ1) is 6.29. The van der Waals surface area contributed by atoms with E-state index in [2.05, 4.69) is 20.8 Å². The Morgan fingerprint density at radius 1 is 1.62 bits per heavy atom. The summed E-state index contributed by atoms with van der Waals surface area (Å²) in [5.41, 5.74) is -0.614. The fourth-order valence-corrected chi connectivity index (χ4v) is 1.19. The van der Waals surface area contributed by atoms with Crippen molar-refractivity contribution in [2.24, 2.45) is 0 Å². The van der Waals surface area contributed by atoms with Crippen molar-refractivity contribution in [2.45, 2.75) is 5.60 Å². The maximum Gasteiger partial charge on any atom is 0.148 e. The number of hydrogen-bond acceptors (Lipinski definition) is 5. The highest BCUT2D eigenvalue weighted by Crippen LogP contribution is 2.10. The van der Waals surface area contributed by atoms with Gasteiger partial charge in [-0.15, -0.1) is 5.10 Å². The highest BCUT2D eigenvalue weighted by Gasteiger charge is 2.33. The quantitative estimate of drug-likeness (QED) is 0.569. The Balaban J connectivity index is 1.86. The zero-order chi connectivity index (χ0) is 9.15. The second-order valence-electron chi connectivity index (χ2n) is 3.29. The lowest BCUT2D eigenvalue weighted by molar-refractivity contribution is 0.00305. The van der Waals surface area contributed by atoms with Gasteiger partial charge >= 0.3 is 0 Å². The Morgan fingerprint density at radius 3 is 3.00 bits per heavy atom. The summed E-state index contributed by atoms with van der Waals surface area (Å²) < 4.78 is 0. The summed E-state index contributed by atoms with van der Waals surface area (Å²) in [6, 6.07) is 3.63. The number of β-amino-alcohol motifs (C(OH)–C–C–N with tert-alkyl or cyclic N) is 1. The normalized spacial score (nSPS) is 19.2. The van der Waals surface area contributed by atoms with Gasteiger partial charge in [0.25, 0.3) is 0 Å². The average molecular weight is 180 g/mol. The Hall–Kier alpha value is -1.20. The summed E-state index contributed by atoms with van der Waals surface area (Å²) in [6.45, 7) is 1.79. The molecule has 0 bridgehead atoms. The SMILES string of the molecule is OC1(CNc2cccnn2)CNC1. The number of rotatable bonds is 3. The van der Waals surface area contributed by atoms with Gasteiger partial charge in [0.2, 0.25) is 0 Å². The van der Waals surface area contributed by atoms with Crippen LogP contribution in [0.1, 0.15) is 0 Å². The predicted octanol–water partition coefficient (Wildman–Crippen LogP) is -0.777. The van der Waals surface area contributed by atoms with Crippen LogP contribution in [0, 0.1) is 0 Å². The summed E-state index contributed by atoms with van der Waals surface area (Å²) in [6.07, 6.45) is 1.62. The molecule has 2 rings (SSSR count). The standard InChI is InChI=1S/C8H12N4O/c13-8(4-9-5-8)6-10-7-2-1-3-11-12-7/h1-3,9,13H,4-6H2,(H,10,12). The topological polar surface area (TPSA) is 70.1 Å². The summed E-state index contributed by atoms with van der Waals surface area (Å²) >= 11 is 0. The van der Waals surface area contributed by atoms with Gasteiger partial charge in [0.05, 0.1) is 0 Å². The number of nitrogens with zero attached hydrogens (tertiary/aromatic N) is 2. The van der Waals surface area contributed by atoms with Crippen molar-refractivity contribution in [2.75, 3.05) is 25.0 Å². The molecule has 0 aliphatic carbocycles. The number of aromatic nitrogens is 2. The number of nitrogens with one attached hydrogen (secondary N) is 2. The lowest BCUT2D eigenvalue weighted by atomic mass is 9.97. The Bertz CT molecular complexity index is 273. The second kappa shape index (κ2) is 3.27. The molecule has 1 aliphatic rings. The van der Waals surface area contributed by atoms with Crippen LogP contribution >= 0.6 is 0 Å². The van der Waals surface area contributed by atoms with Crippen molar-refractivity contribution < 1.29 is 5.11 Å². The highest BCUT2D eigenvalue weighted by atomic mass is 16.3. The molecule has 70 valence electrons. The molecule has 5 heteroatoms. The van der Waals surface area contributed by atoms with Crippen LogP contribution in [0.2, 0.25) is 0 Å². The van der Waals surface area contributed by atoms with Crippen molar-refractivity contribution >= 4 is 5.82 Å². The van der Waals surface area contributed by atoms with Gasteiger partial charge in [-0.3, -0.25) is 0 Å². The molecular weight excluding hydrogens is 168 g/mol. The van der Waals surface area contributed by atoms with E-state index in [4.69, 9.17) is 0 Å². The first kappa shape index (κ1) is 8.40. The molecule has 5 nitrogen and oxygen atoms in total. The van der Waals surface area contributed by atoms with Gasteiger partial charge in [0.15, 0.2) is 0 Å². The van der Waals surface area contributed by atoms with Gasteiger partial charge in [-0.1, -0.05) is 0 Å². The zero-order valence-electron chi connectivity index (χ0n) is 7.20. The molecule has 0 aromatic carbocycles. The number of aliphatic hydroxyl groups is 1. The van der Waals surface area contributed by atoms with Crippen molar-refractivity contribution in [3.05, 3.63) is 18.3 Å². The minimum atomic E-state index is -0.614. The zero-order valence-corrected chi connectivity index (χ0v) is 7.20. The maximum absolute atomic E-state index is 9.70. The Kier molecular flexibility index (Phi) is 2.12. The molecule has 1 aromatic rings. The van der Waals surface area contributed by atoms with Gasteiger partial charge in [0.1, 0.15) is 11.4 Å². The van der Waals surface area contributed by atoms with E-state index in [1.165, 1.54) is 0 Å². The molecular formula is C8H12N4O. The van der Waals surface area contributed by atoms with Gasteiger partial charge in [-0.25, -0.2) is 0 Å². The third kappa shape index (κ3) is 1.93. The molecule has 1 aliphatic heterocycles. The van der Waals surface area contributed by atoms with Crippen molar-refractivity contribution in [3.8, 4) is 0 Å². The fraction of sp³-hybridized carbons (Fsp3) is 0.500. The molecule has 0 amide bonds. The van der Waals surface area contributed by atoms with Crippen molar-refractivity contribution in [1.82, 2.24) is 15.5 Å². The van der Waals surface area contributed by atoms with E-state index < -0.39 is 5.60 Å². The van der Waals surface area contributed by atoms with Crippen LogP contribution < -0.4 is 10.6 Å². The predicted molar refractivity (Wildman–Crippen MR) is 48.3 cm³/mol. The van der Waals surface area contributed by atoms with Crippen molar-refractivity contribution in [3.63, 3.8) is 0 Å². The minimum Gasteiger partial charge on any atom is -0.385 e.